The lowest BCUT2D eigenvalue weighted by molar-refractivity contribution is 0.149. The van der Waals surface area contributed by atoms with Crippen molar-refractivity contribution in [3.8, 4) is 0 Å². The monoisotopic (exact) mass is 276 g/mol. The second-order valence-corrected chi connectivity index (χ2v) is 4.71. The van der Waals surface area contributed by atoms with Gasteiger partial charge in [0.15, 0.2) is 0 Å². The predicted molar refractivity (Wildman–Crippen MR) is 60.7 cm³/mol. The van der Waals surface area contributed by atoms with Gasteiger partial charge in [-0.25, -0.2) is 0 Å². The smallest absolute Gasteiger partial charge is 0.294 e. The van der Waals surface area contributed by atoms with Gasteiger partial charge in [0.25, 0.3) is 10.1 Å². The minimum atomic E-state index is -4.08. The molecule has 0 radical (unpaired) electrons. The van der Waals surface area contributed by atoms with E-state index in [4.69, 9.17) is 21.4 Å². The molecule has 2 N–H and O–H groups in total. The zero-order chi connectivity index (χ0) is 12.9. The van der Waals surface area contributed by atoms with Crippen LogP contribution in [0.5, 0.6) is 0 Å². The number of rotatable bonds is 1. The van der Waals surface area contributed by atoms with Gasteiger partial charge in [-0.3, -0.25) is 4.55 Å². The highest BCUT2D eigenvalue weighted by atomic mass is 35.5. The first kappa shape index (κ1) is 13.5. The fraction of sp³-hybridized carbons (Fsp3) is 0. The molecule has 0 bridgehead atoms. The molecule has 17 heavy (non-hydrogen) atoms. The first-order valence-electron chi connectivity index (χ1n) is 4.31. The summed E-state index contributed by atoms with van der Waals surface area (Å²) in [4.78, 5) is 0.599. The molecular weight excluding hydrogens is 268 g/mol. The molecule has 1 aromatic carbocycles. The molecule has 0 saturated heterocycles. The highest BCUT2D eigenvalue weighted by Crippen LogP contribution is 2.12. The molecule has 0 saturated carbocycles. The Morgan fingerprint density at radius 3 is 2.12 bits per heavy atom. The molecule has 0 amide bonds. The third-order valence-corrected chi connectivity index (χ3v) is 2.72. The van der Waals surface area contributed by atoms with Crippen LogP contribution in [-0.2, 0) is 10.1 Å². The number of nitrogens with zero attached hydrogens (tertiary/aromatic N) is 2. The van der Waals surface area contributed by atoms with Crippen LogP contribution in [0.3, 0.4) is 0 Å². The van der Waals surface area contributed by atoms with Gasteiger partial charge in [-0.1, -0.05) is 11.6 Å². The SMILES string of the molecule is O=S(=O)(O)c1ccc(Cl)cc1.On1cccn1. The molecule has 0 aliphatic carbocycles. The van der Waals surface area contributed by atoms with Gasteiger partial charge in [0.2, 0.25) is 0 Å². The van der Waals surface area contributed by atoms with E-state index in [-0.39, 0.29) is 4.90 Å². The van der Waals surface area contributed by atoms with E-state index in [1.807, 2.05) is 0 Å². The van der Waals surface area contributed by atoms with Crippen molar-refractivity contribution in [1.29, 1.82) is 0 Å². The summed E-state index contributed by atoms with van der Waals surface area (Å²) >= 11 is 5.49. The molecule has 92 valence electrons. The fourth-order valence-corrected chi connectivity index (χ4v) is 1.47. The van der Waals surface area contributed by atoms with E-state index < -0.39 is 10.1 Å². The average molecular weight is 277 g/mol. The summed E-state index contributed by atoms with van der Waals surface area (Å²) in [5, 5.41) is 12.1. The number of hydrogen-bond acceptors (Lipinski definition) is 4. The van der Waals surface area contributed by atoms with Gasteiger partial charge in [-0.2, -0.15) is 8.42 Å². The Morgan fingerprint density at radius 2 is 1.82 bits per heavy atom. The van der Waals surface area contributed by atoms with Crippen molar-refractivity contribution >= 4 is 21.7 Å². The largest absolute Gasteiger partial charge is 0.412 e. The van der Waals surface area contributed by atoms with Gasteiger partial charge in [0.1, 0.15) is 0 Å². The zero-order valence-electron chi connectivity index (χ0n) is 8.43. The Morgan fingerprint density at radius 1 is 1.24 bits per heavy atom. The van der Waals surface area contributed by atoms with Crippen LogP contribution < -0.4 is 0 Å². The lowest BCUT2D eigenvalue weighted by atomic mass is 10.4. The maximum Gasteiger partial charge on any atom is 0.294 e. The molecule has 0 aliphatic rings. The van der Waals surface area contributed by atoms with E-state index in [0.29, 0.717) is 5.02 Å². The van der Waals surface area contributed by atoms with Gasteiger partial charge in [-0.05, 0) is 30.3 Å². The van der Waals surface area contributed by atoms with E-state index in [0.717, 1.165) is 4.85 Å². The fourth-order valence-electron chi connectivity index (χ4n) is 0.867. The minimum Gasteiger partial charge on any atom is -0.412 e. The van der Waals surface area contributed by atoms with Crippen LogP contribution in [0.25, 0.3) is 0 Å². The molecule has 0 unspecified atom stereocenters. The minimum absolute atomic E-state index is 0.151. The number of benzene rings is 1. The van der Waals surface area contributed by atoms with E-state index in [1.165, 1.54) is 36.7 Å². The van der Waals surface area contributed by atoms with Crippen LogP contribution in [0, 0.1) is 0 Å². The zero-order valence-corrected chi connectivity index (χ0v) is 10.0. The van der Waals surface area contributed by atoms with Gasteiger partial charge in [-0.15, -0.1) is 9.94 Å². The Labute approximate surface area is 103 Å². The van der Waals surface area contributed by atoms with Crippen LogP contribution in [0.4, 0.5) is 0 Å². The maximum atomic E-state index is 10.5. The van der Waals surface area contributed by atoms with Crippen molar-refractivity contribution < 1.29 is 18.2 Å². The molecule has 2 aromatic rings. The third kappa shape index (κ3) is 4.85. The van der Waals surface area contributed by atoms with Crippen LogP contribution >= 0.6 is 11.6 Å². The number of hydrogen-bond donors (Lipinski definition) is 2. The summed E-state index contributed by atoms with van der Waals surface area (Å²) < 4.78 is 29.4. The highest BCUT2D eigenvalue weighted by molar-refractivity contribution is 7.85. The second kappa shape index (κ2) is 5.67. The molecule has 1 heterocycles. The normalized spacial score (nSPS) is 10.5. The Bertz CT molecular complexity index is 551. The van der Waals surface area contributed by atoms with Crippen LogP contribution in [-0.4, -0.2) is 28.1 Å². The second-order valence-electron chi connectivity index (χ2n) is 2.86. The first-order valence-corrected chi connectivity index (χ1v) is 6.13. The van der Waals surface area contributed by atoms with E-state index in [1.54, 1.807) is 6.07 Å². The lowest BCUT2D eigenvalue weighted by Gasteiger charge is -1.94. The summed E-state index contributed by atoms with van der Waals surface area (Å²) in [7, 11) is -4.08. The van der Waals surface area contributed by atoms with E-state index >= 15 is 0 Å². The van der Waals surface area contributed by atoms with E-state index in [9.17, 15) is 8.42 Å². The molecule has 8 heteroatoms. The average Bonchev–Trinajstić information content (AvgIpc) is 2.69. The van der Waals surface area contributed by atoms with Crippen molar-refractivity contribution in [2.45, 2.75) is 4.90 Å². The molecule has 2 rings (SSSR count). The van der Waals surface area contributed by atoms with Gasteiger partial charge in [0, 0.05) is 5.02 Å². The van der Waals surface area contributed by atoms with Crippen LogP contribution in [0.1, 0.15) is 0 Å². The molecule has 0 atom stereocenters. The summed E-state index contributed by atoms with van der Waals surface area (Å²) in [6.07, 6.45) is 2.94. The highest BCUT2D eigenvalue weighted by Gasteiger charge is 2.07. The summed E-state index contributed by atoms with van der Waals surface area (Å²) in [5.41, 5.74) is 0. The number of aromatic nitrogens is 2. The predicted octanol–water partition coefficient (Wildman–Crippen LogP) is 1.71. The molecule has 6 nitrogen and oxygen atoms in total. The van der Waals surface area contributed by atoms with Gasteiger partial charge >= 0.3 is 0 Å². The van der Waals surface area contributed by atoms with Gasteiger partial charge < -0.3 is 5.21 Å². The quantitative estimate of drug-likeness (QED) is 0.611. The summed E-state index contributed by atoms with van der Waals surface area (Å²) in [5.74, 6) is 0. The molecule has 1 aromatic heterocycles. The maximum absolute atomic E-state index is 10.5. The standard InChI is InChI=1S/C6H5ClO3S.C3H4N2O/c7-5-1-3-6(4-2-5)11(8,9)10;6-5-3-1-2-4-5/h1-4H,(H,8,9,10);1-3,6H. The van der Waals surface area contributed by atoms with Crippen molar-refractivity contribution in [2.24, 2.45) is 0 Å². The topological polar surface area (TPSA) is 92.4 Å². The molecule has 0 aliphatic heterocycles. The Balaban J connectivity index is 0.000000202. The molecule has 0 fully saturated rings. The summed E-state index contributed by atoms with van der Waals surface area (Å²) in [6.45, 7) is 0. The van der Waals surface area contributed by atoms with Crippen LogP contribution in [0.15, 0.2) is 47.6 Å². The van der Waals surface area contributed by atoms with Crippen molar-refractivity contribution in [3.05, 3.63) is 47.7 Å². The third-order valence-electron chi connectivity index (χ3n) is 1.60. The molecule has 0 spiro atoms. The summed E-state index contributed by atoms with van der Waals surface area (Å²) in [6, 6.07) is 6.89. The first-order chi connectivity index (χ1) is 7.89. The van der Waals surface area contributed by atoms with Crippen LogP contribution in [0.2, 0.25) is 5.02 Å². The number of halogens is 1. The molecular formula is C9H9ClN2O4S. The van der Waals surface area contributed by atoms with E-state index in [2.05, 4.69) is 5.10 Å². The van der Waals surface area contributed by atoms with Gasteiger partial charge in [0.05, 0.1) is 17.3 Å². The lowest BCUT2D eigenvalue weighted by Crippen LogP contribution is -1.96. The van der Waals surface area contributed by atoms with Crippen molar-refractivity contribution in [1.82, 2.24) is 9.94 Å². The van der Waals surface area contributed by atoms with Crippen molar-refractivity contribution in [3.63, 3.8) is 0 Å². The Kier molecular flexibility index (Phi) is 4.50. The van der Waals surface area contributed by atoms with Crippen molar-refractivity contribution in [2.75, 3.05) is 0 Å². The Hall–Kier alpha value is -1.57.